The summed E-state index contributed by atoms with van der Waals surface area (Å²) in [6.07, 6.45) is 8.74. The maximum atomic E-state index is 2.48. The molecular weight excluding hydrogens is 182 g/mol. The van der Waals surface area contributed by atoms with Gasteiger partial charge in [0.2, 0.25) is 0 Å². The highest BCUT2D eigenvalue weighted by atomic mass is 15.1. The molecule has 1 heterocycles. The molecule has 0 bridgehead atoms. The van der Waals surface area contributed by atoms with Crippen molar-refractivity contribution in [2.45, 2.75) is 66.2 Å². The quantitative estimate of drug-likeness (QED) is 0.579. The molecule has 92 valence electrons. The molecule has 0 amide bonds. The van der Waals surface area contributed by atoms with Gasteiger partial charge in [-0.3, -0.25) is 0 Å². The van der Waals surface area contributed by atoms with Crippen LogP contribution in [0.25, 0.3) is 0 Å². The van der Waals surface area contributed by atoms with Gasteiger partial charge in [-0.1, -0.05) is 34.1 Å². The van der Waals surface area contributed by atoms with Crippen LogP contribution in [0.2, 0.25) is 0 Å². The molecule has 1 nitrogen and oxygen atoms in total. The van der Waals surface area contributed by atoms with Crippen molar-refractivity contribution in [2.24, 2.45) is 5.41 Å². The SMILES string of the molecule is CC.CCC.CN1CCCC2(CC1)CC2. The highest BCUT2D eigenvalue weighted by Gasteiger charge is 2.42. The van der Waals surface area contributed by atoms with E-state index in [2.05, 4.69) is 25.8 Å². The summed E-state index contributed by atoms with van der Waals surface area (Å²) in [6.45, 7) is 10.9. The summed E-state index contributed by atoms with van der Waals surface area (Å²) in [5.74, 6) is 0. The van der Waals surface area contributed by atoms with E-state index in [1.807, 2.05) is 13.8 Å². The first-order valence-electron chi connectivity index (χ1n) is 6.91. The molecule has 1 aliphatic carbocycles. The van der Waals surface area contributed by atoms with Gasteiger partial charge in [-0.15, -0.1) is 0 Å². The van der Waals surface area contributed by atoms with E-state index in [1.54, 1.807) is 0 Å². The third kappa shape index (κ3) is 6.19. The molecule has 0 atom stereocenters. The van der Waals surface area contributed by atoms with Gasteiger partial charge in [-0.2, -0.15) is 0 Å². The van der Waals surface area contributed by atoms with Crippen LogP contribution in [0.3, 0.4) is 0 Å². The van der Waals surface area contributed by atoms with Crippen LogP contribution in [0.1, 0.15) is 66.2 Å². The Morgan fingerprint density at radius 1 is 0.933 bits per heavy atom. The summed E-state index contributed by atoms with van der Waals surface area (Å²) >= 11 is 0. The van der Waals surface area contributed by atoms with Crippen LogP contribution in [0.5, 0.6) is 0 Å². The van der Waals surface area contributed by atoms with E-state index in [0.717, 1.165) is 5.41 Å². The van der Waals surface area contributed by atoms with Gasteiger partial charge in [0, 0.05) is 0 Å². The van der Waals surface area contributed by atoms with Crippen molar-refractivity contribution in [3.05, 3.63) is 0 Å². The molecule has 15 heavy (non-hydrogen) atoms. The molecule has 1 spiro atoms. The van der Waals surface area contributed by atoms with Crippen LogP contribution < -0.4 is 0 Å². The van der Waals surface area contributed by atoms with E-state index in [1.165, 1.54) is 51.6 Å². The fraction of sp³-hybridized carbons (Fsp3) is 1.00. The first kappa shape index (κ1) is 15.0. The van der Waals surface area contributed by atoms with Crippen molar-refractivity contribution < 1.29 is 0 Å². The Bertz CT molecular complexity index is 138. The number of likely N-dealkylation sites (tertiary alicyclic amines) is 1. The molecule has 0 aromatic carbocycles. The van der Waals surface area contributed by atoms with Crippen LogP contribution in [-0.4, -0.2) is 25.0 Å². The minimum atomic E-state index is 0.852. The lowest BCUT2D eigenvalue weighted by Crippen LogP contribution is -2.18. The fourth-order valence-electron chi connectivity index (χ4n) is 2.07. The number of nitrogens with zero attached hydrogens (tertiary/aromatic N) is 1. The van der Waals surface area contributed by atoms with E-state index < -0.39 is 0 Å². The molecule has 1 heteroatoms. The summed E-state index contributed by atoms with van der Waals surface area (Å²) in [4.78, 5) is 2.48. The Labute approximate surface area is 97.2 Å². The lowest BCUT2D eigenvalue weighted by Gasteiger charge is -2.12. The van der Waals surface area contributed by atoms with Crippen molar-refractivity contribution in [1.29, 1.82) is 0 Å². The number of hydrogen-bond donors (Lipinski definition) is 0. The zero-order valence-electron chi connectivity index (χ0n) is 11.6. The molecule has 0 radical (unpaired) electrons. The van der Waals surface area contributed by atoms with E-state index in [9.17, 15) is 0 Å². The second kappa shape index (κ2) is 8.15. The van der Waals surface area contributed by atoms with Gasteiger partial charge in [-0.25, -0.2) is 0 Å². The Kier molecular flexibility index (Phi) is 8.13. The fourth-order valence-corrected chi connectivity index (χ4v) is 2.07. The second-order valence-corrected chi connectivity index (χ2v) is 4.86. The van der Waals surface area contributed by atoms with Crippen molar-refractivity contribution in [3.63, 3.8) is 0 Å². The maximum absolute atomic E-state index is 2.48. The van der Waals surface area contributed by atoms with Crippen molar-refractivity contribution >= 4 is 0 Å². The van der Waals surface area contributed by atoms with Gasteiger partial charge in [-0.05, 0) is 57.7 Å². The second-order valence-electron chi connectivity index (χ2n) is 4.86. The summed E-state index contributed by atoms with van der Waals surface area (Å²) in [5, 5.41) is 0. The molecule has 0 aromatic rings. The highest BCUT2D eigenvalue weighted by Crippen LogP contribution is 2.53. The largest absolute Gasteiger partial charge is 0.306 e. The lowest BCUT2D eigenvalue weighted by molar-refractivity contribution is 0.338. The Balaban J connectivity index is 0.000000342. The molecule has 1 aliphatic heterocycles. The number of hydrogen-bond acceptors (Lipinski definition) is 1. The normalized spacial score (nSPS) is 23.0. The van der Waals surface area contributed by atoms with Crippen molar-refractivity contribution in [3.8, 4) is 0 Å². The topological polar surface area (TPSA) is 3.24 Å². The predicted molar refractivity (Wildman–Crippen MR) is 70.3 cm³/mol. The van der Waals surface area contributed by atoms with Gasteiger partial charge >= 0.3 is 0 Å². The van der Waals surface area contributed by atoms with Gasteiger partial charge in [0.1, 0.15) is 0 Å². The monoisotopic (exact) mass is 213 g/mol. The summed E-state index contributed by atoms with van der Waals surface area (Å²) < 4.78 is 0. The highest BCUT2D eigenvalue weighted by molar-refractivity contribution is 4.94. The third-order valence-corrected chi connectivity index (χ3v) is 3.23. The van der Waals surface area contributed by atoms with E-state index in [4.69, 9.17) is 0 Å². The minimum Gasteiger partial charge on any atom is -0.306 e. The summed E-state index contributed by atoms with van der Waals surface area (Å²) in [7, 11) is 2.25. The summed E-state index contributed by atoms with van der Waals surface area (Å²) in [6, 6.07) is 0. The first-order valence-corrected chi connectivity index (χ1v) is 6.91. The Morgan fingerprint density at radius 2 is 1.47 bits per heavy atom. The maximum Gasteiger partial charge on any atom is -0.00165 e. The third-order valence-electron chi connectivity index (χ3n) is 3.23. The Hall–Kier alpha value is -0.0400. The molecule has 2 fully saturated rings. The molecule has 0 N–H and O–H groups in total. The van der Waals surface area contributed by atoms with E-state index in [0.29, 0.717) is 0 Å². The van der Waals surface area contributed by atoms with Gasteiger partial charge in [0.25, 0.3) is 0 Å². The zero-order valence-corrected chi connectivity index (χ0v) is 11.6. The van der Waals surface area contributed by atoms with Crippen molar-refractivity contribution in [1.82, 2.24) is 4.90 Å². The number of rotatable bonds is 0. The van der Waals surface area contributed by atoms with Crippen LogP contribution >= 0.6 is 0 Å². The zero-order chi connectivity index (χ0) is 11.7. The molecular formula is C14H31N. The molecule has 0 unspecified atom stereocenters. The standard InChI is InChI=1S/C9H17N.C3H8.C2H6/c1-10-7-2-3-9(4-5-9)6-8-10;1-3-2;1-2/h2-8H2,1H3;3H2,1-2H3;1-2H3. The molecule has 1 saturated carbocycles. The lowest BCUT2D eigenvalue weighted by atomic mass is 9.98. The van der Waals surface area contributed by atoms with Crippen LogP contribution in [0.4, 0.5) is 0 Å². The van der Waals surface area contributed by atoms with Gasteiger partial charge in [0.05, 0.1) is 0 Å². The average Bonchev–Trinajstić information content (AvgIpc) is 3.02. The average molecular weight is 213 g/mol. The van der Waals surface area contributed by atoms with Crippen LogP contribution in [0, 0.1) is 5.41 Å². The minimum absolute atomic E-state index is 0.852. The van der Waals surface area contributed by atoms with Gasteiger partial charge < -0.3 is 4.90 Å². The summed E-state index contributed by atoms with van der Waals surface area (Å²) in [5.41, 5.74) is 0.852. The van der Waals surface area contributed by atoms with E-state index >= 15 is 0 Å². The van der Waals surface area contributed by atoms with Crippen molar-refractivity contribution in [2.75, 3.05) is 20.1 Å². The first-order chi connectivity index (χ1) is 7.22. The molecule has 2 rings (SSSR count). The van der Waals surface area contributed by atoms with Crippen LogP contribution in [-0.2, 0) is 0 Å². The Morgan fingerprint density at radius 3 is 1.93 bits per heavy atom. The van der Waals surface area contributed by atoms with Crippen LogP contribution in [0.15, 0.2) is 0 Å². The predicted octanol–water partition coefficient (Wildman–Crippen LogP) is 4.32. The molecule has 1 saturated heterocycles. The van der Waals surface area contributed by atoms with Gasteiger partial charge in [0.15, 0.2) is 0 Å². The molecule has 2 aliphatic rings. The molecule has 0 aromatic heterocycles. The smallest absolute Gasteiger partial charge is 0.00165 e. The van der Waals surface area contributed by atoms with E-state index in [-0.39, 0.29) is 0 Å².